The number of aromatic amines is 1. The second kappa shape index (κ2) is 5.65. The van der Waals surface area contributed by atoms with E-state index in [1.54, 1.807) is 4.90 Å². The van der Waals surface area contributed by atoms with Crippen LogP contribution < -0.4 is 5.32 Å². The van der Waals surface area contributed by atoms with Crippen LogP contribution in [0.15, 0.2) is 30.5 Å². The van der Waals surface area contributed by atoms with Crippen LogP contribution in [0.3, 0.4) is 0 Å². The van der Waals surface area contributed by atoms with Gasteiger partial charge >= 0.3 is 6.09 Å². The molecule has 2 N–H and O–H groups in total. The summed E-state index contributed by atoms with van der Waals surface area (Å²) in [4.78, 5) is 17.4. The first-order valence-corrected chi connectivity index (χ1v) is 7.71. The molecule has 3 rings (SSSR count). The maximum atomic E-state index is 12.3. The van der Waals surface area contributed by atoms with Crippen molar-refractivity contribution < 1.29 is 9.53 Å². The van der Waals surface area contributed by atoms with E-state index >= 15 is 0 Å². The molecule has 118 valence electrons. The van der Waals surface area contributed by atoms with Crippen molar-refractivity contribution >= 4 is 17.0 Å². The molecule has 1 amide bonds. The maximum absolute atomic E-state index is 12.3. The fourth-order valence-electron chi connectivity index (χ4n) is 2.85. The van der Waals surface area contributed by atoms with Crippen molar-refractivity contribution in [2.24, 2.45) is 0 Å². The Kier molecular flexibility index (Phi) is 3.83. The summed E-state index contributed by atoms with van der Waals surface area (Å²) in [6.45, 7) is 7.74. The number of nitrogens with one attached hydrogen (secondary N) is 2. The lowest BCUT2D eigenvalue weighted by Gasteiger charge is -2.35. The summed E-state index contributed by atoms with van der Waals surface area (Å²) < 4.78 is 5.49. The molecule has 1 fully saturated rings. The van der Waals surface area contributed by atoms with Gasteiger partial charge in [0.1, 0.15) is 5.60 Å². The average Bonchev–Trinajstić information content (AvgIpc) is 2.94. The van der Waals surface area contributed by atoms with Crippen molar-refractivity contribution in [3.8, 4) is 0 Å². The minimum atomic E-state index is -0.461. The van der Waals surface area contributed by atoms with E-state index in [1.165, 1.54) is 10.9 Å². The number of hydrogen-bond donors (Lipinski definition) is 2. The Hall–Kier alpha value is -2.01. The van der Waals surface area contributed by atoms with E-state index < -0.39 is 5.60 Å². The van der Waals surface area contributed by atoms with Gasteiger partial charge in [-0.25, -0.2) is 4.79 Å². The SMILES string of the molecule is CC(C)(C)OC(=O)N1CCNC(c2cccc3cc[nH]c23)C1. The zero-order chi connectivity index (χ0) is 15.7. The number of amides is 1. The molecule has 22 heavy (non-hydrogen) atoms. The first-order valence-electron chi connectivity index (χ1n) is 7.71. The highest BCUT2D eigenvalue weighted by Crippen LogP contribution is 2.25. The minimum absolute atomic E-state index is 0.114. The number of H-pyrrole nitrogens is 1. The maximum Gasteiger partial charge on any atom is 0.410 e. The van der Waals surface area contributed by atoms with Crippen molar-refractivity contribution in [2.75, 3.05) is 19.6 Å². The predicted molar refractivity (Wildman–Crippen MR) is 86.8 cm³/mol. The number of aromatic nitrogens is 1. The molecule has 1 atom stereocenters. The highest BCUT2D eigenvalue weighted by atomic mass is 16.6. The van der Waals surface area contributed by atoms with Gasteiger partial charge in [-0.2, -0.15) is 0 Å². The van der Waals surface area contributed by atoms with Gasteiger partial charge in [0, 0.05) is 25.8 Å². The molecular weight excluding hydrogens is 278 g/mol. The number of piperazine rings is 1. The molecule has 0 spiro atoms. The first kappa shape index (κ1) is 14.9. The molecule has 1 aliphatic rings. The van der Waals surface area contributed by atoms with Crippen LogP contribution in [0.2, 0.25) is 0 Å². The van der Waals surface area contributed by atoms with Crippen molar-refractivity contribution in [2.45, 2.75) is 32.4 Å². The van der Waals surface area contributed by atoms with Crippen LogP contribution in [-0.4, -0.2) is 41.2 Å². The average molecular weight is 301 g/mol. The molecule has 5 heteroatoms. The van der Waals surface area contributed by atoms with E-state index in [0.717, 1.165) is 12.1 Å². The zero-order valence-electron chi connectivity index (χ0n) is 13.3. The Morgan fingerprint density at radius 2 is 2.14 bits per heavy atom. The minimum Gasteiger partial charge on any atom is -0.444 e. The highest BCUT2D eigenvalue weighted by Gasteiger charge is 2.28. The summed E-state index contributed by atoms with van der Waals surface area (Å²) >= 11 is 0. The lowest BCUT2D eigenvalue weighted by Crippen LogP contribution is -2.49. The molecule has 2 heterocycles. The predicted octanol–water partition coefficient (Wildman–Crippen LogP) is 3.05. The normalized spacial score (nSPS) is 19.4. The highest BCUT2D eigenvalue weighted by molar-refractivity contribution is 5.83. The number of hydrogen-bond acceptors (Lipinski definition) is 3. The summed E-state index contributed by atoms with van der Waals surface area (Å²) in [5.41, 5.74) is 1.86. The van der Waals surface area contributed by atoms with Gasteiger partial charge in [-0.15, -0.1) is 0 Å². The van der Waals surface area contributed by atoms with Crippen LogP contribution in [0, 0.1) is 0 Å². The van der Waals surface area contributed by atoms with Crippen molar-refractivity contribution in [1.29, 1.82) is 0 Å². The molecule has 1 aromatic heterocycles. The molecular formula is C17H23N3O2. The number of fused-ring (bicyclic) bond motifs is 1. The monoisotopic (exact) mass is 301 g/mol. The van der Waals surface area contributed by atoms with Crippen LogP contribution in [0.25, 0.3) is 10.9 Å². The molecule has 0 radical (unpaired) electrons. The summed E-state index contributed by atoms with van der Waals surface area (Å²) in [5, 5.41) is 4.68. The molecule has 1 saturated heterocycles. The number of nitrogens with zero attached hydrogens (tertiary/aromatic N) is 1. The molecule has 0 aliphatic carbocycles. The lowest BCUT2D eigenvalue weighted by molar-refractivity contribution is 0.0195. The smallest absolute Gasteiger partial charge is 0.410 e. The quantitative estimate of drug-likeness (QED) is 0.851. The fraction of sp³-hybridized carbons (Fsp3) is 0.471. The standard InChI is InChI=1S/C17H23N3O2/c1-17(2,3)22-16(21)20-10-9-18-14(11-20)13-6-4-5-12-7-8-19-15(12)13/h4-8,14,18-19H,9-11H2,1-3H3. The van der Waals surface area contributed by atoms with Crippen LogP contribution in [0.4, 0.5) is 4.79 Å². The third kappa shape index (κ3) is 3.09. The van der Waals surface area contributed by atoms with Gasteiger partial charge in [0.05, 0.1) is 11.6 Å². The van der Waals surface area contributed by atoms with Crippen molar-refractivity contribution in [1.82, 2.24) is 15.2 Å². The van der Waals surface area contributed by atoms with Crippen LogP contribution in [0.1, 0.15) is 32.4 Å². The Labute approximate surface area is 130 Å². The van der Waals surface area contributed by atoms with E-state index in [1.807, 2.05) is 27.0 Å². The van der Waals surface area contributed by atoms with Gasteiger partial charge in [0.2, 0.25) is 0 Å². The van der Waals surface area contributed by atoms with Gasteiger partial charge in [-0.05, 0) is 37.8 Å². The lowest BCUT2D eigenvalue weighted by atomic mass is 10.0. The number of carbonyl (C=O) groups excluding carboxylic acids is 1. The van der Waals surface area contributed by atoms with Gasteiger partial charge in [0.25, 0.3) is 0 Å². The third-order valence-corrected chi connectivity index (χ3v) is 3.82. The van der Waals surface area contributed by atoms with E-state index in [9.17, 15) is 4.79 Å². The van der Waals surface area contributed by atoms with Gasteiger partial charge in [-0.3, -0.25) is 0 Å². The first-order chi connectivity index (χ1) is 10.4. The fourth-order valence-corrected chi connectivity index (χ4v) is 2.85. The Bertz CT molecular complexity index is 672. The van der Waals surface area contributed by atoms with Crippen molar-refractivity contribution in [3.63, 3.8) is 0 Å². The molecule has 5 nitrogen and oxygen atoms in total. The molecule has 2 aromatic rings. The molecule has 0 bridgehead atoms. The van der Waals surface area contributed by atoms with E-state index in [2.05, 4.69) is 34.6 Å². The Balaban J connectivity index is 1.78. The largest absolute Gasteiger partial charge is 0.444 e. The van der Waals surface area contributed by atoms with Crippen LogP contribution in [0.5, 0.6) is 0 Å². The summed E-state index contributed by atoms with van der Waals surface area (Å²) in [6, 6.07) is 8.43. The zero-order valence-corrected chi connectivity index (χ0v) is 13.3. The number of ether oxygens (including phenoxy) is 1. The van der Waals surface area contributed by atoms with Crippen molar-refractivity contribution in [3.05, 3.63) is 36.0 Å². The topological polar surface area (TPSA) is 57.4 Å². The summed E-state index contributed by atoms with van der Waals surface area (Å²) in [7, 11) is 0. The third-order valence-electron chi connectivity index (χ3n) is 3.82. The molecule has 1 unspecified atom stereocenters. The molecule has 0 saturated carbocycles. The van der Waals surface area contributed by atoms with Crippen LogP contribution >= 0.6 is 0 Å². The number of benzene rings is 1. The van der Waals surface area contributed by atoms with Gasteiger partial charge in [0.15, 0.2) is 0 Å². The Morgan fingerprint density at radius 1 is 1.32 bits per heavy atom. The number of carbonyl (C=O) groups is 1. The van der Waals surface area contributed by atoms with Gasteiger partial charge in [-0.1, -0.05) is 18.2 Å². The van der Waals surface area contributed by atoms with E-state index in [0.29, 0.717) is 13.1 Å². The summed E-state index contributed by atoms with van der Waals surface area (Å²) in [5.74, 6) is 0. The number of para-hydroxylation sites is 1. The van der Waals surface area contributed by atoms with E-state index in [4.69, 9.17) is 4.74 Å². The number of rotatable bonds is 1. The van der Waals surface area contributed by atoms with Crippen LogP contribution in [-0.2, 0) is 4.74 Å². The molecule has 1 aliphatic heterocycles. The Morgan fingerprint density at radius 3 is 2.91 bits per heavy atom. The second-order valence-corrected chi connectivity index (χ2v) is 6.72. The van der Waals surface area contributed by atoms with Gasteiger partial charge < -0.3 is 19.9 Å². The van der Waals surface area contributed by atoms with E-state index in [-0.39, 0.29) is 12.1 Å². The summed E-state index contributed by atoms with van der Waals surface area (Å²) in [6.07, 6.45) is 1.71. The second-order valence-electron chi connectivity index (χ2n) is 6.72. The molecule has 1 aromatic carbocycles.